The van der Waals surface area contributed by atoms with Gasteiger partial charge >= 0.3 is 6.09 Å². The number of hydrogen-bond donors (Lipinski definition) is 2. The van der Waals surface area contributed by atoms with E-state index >= 15 is 0 Å². The van der Waals surface area contributed by atoms with Crippen molar-refractivity contribution < 1.29 is 19.2 Å². The summed E-state index contributed by atoms with van der Waals surface area (Å²) in [6, 6.07) is 15.4. The summed E-state index contributed by atoms with van der Waals surface area (Å²) in [6.45, 7) is 0.0306. The average Bonchev–Trinajstić information content (AvgIpc) is 3.17. The third kappa shape index (κ3) is 6.04. The number of carbonyl (C=O) groups is 2. The van der Waals surface area contributed by atoms with Gasteiger partial charge in [-0.2, -0.15) is 0 Å². The summed E-state index contributed by atoms with van der Waals surface area (Å²) in [5.74, 6) is -0.545. The second kappa shape index (κ2) is 10.2. The Kier molecular flexibility index (Phi) is 7.42. The second-order valence-electron chi connectivity index (χ2n) is 6.94. The molecule has 0 fully saturated rings. The highest BCUT2D eigenvalue weighted by atomic mass is 79.9. The van der Waals surface area contributed by atoms with Crippen LogP contribution in [0, 0.1) is 0 Å². The summed E-state index contributed by atoms with van der Waals surface area (Å²) >= 11 is 3.25. The fourth-order valence-electron chi connectivity index (χ4n) is 2.94. The van der Waals surface area contributed by atoms with Gasteiger partial charge in [0.25, 0.3) is 0 Å². The van der Waals surface area contributed by atoms with Crippen LogP contribution >= 0.6 is 15.9 Å². The SMILES string of the molecule is Nc1ccc(C[C@H](N)C(=O)N(CC2CC(Br)=NO2)C(=O)OCc2ccccc2)cc1. The molecule has 1 unspecified atom stereocenters. The first-order chi connectivity index (χ1) is 14.4. The number of oxime groups is 1. The molecule has 8 nitrogen and oxygen atoms in total. The lowest BCUT2D eigenvalue weighted by Crippen LogP contribution is -2.50. The summed E-state index contributed by atoms with van der Waals surface area (Å²) in [5.41, 5.74) is 14.1. The molecule has 0 saturated carbocycles. The number of nitrogens with two attached hydrogens (primary N) is 2. The summed E-state index contributed by atoms with van der Waals surface area (Å²) in [4.78, 5) is 32.0. The van der Waals surface area contributed by atoms with Crippen molar-refractivity contribution in [2.75, 3.05) is 12.3 Å². The number of imide groups is 1. The lowest BCUT2D eigenvalue weighted by atomic mass is 10.0. The number of nitrogen functional groups attached to an aromatic ring is 1. The second-order valence-corrected chi connectivity index (χ2v) is 7.86. The van der Waals surface area contributed by atoms with Crippen molar-refractivity contribution in [1.29, 1.82) is 0 Å². The molecule has 30 heavy (non-hydrogen) atoms. The normalized spacial score (nSPS) is 16.3. The molecule has 9 heteroatoms. The van der Waals surface area contributed by atoms with Crippen LogP contribution in [0.1, 0.15) is 17.5 Å². The van der Waals surface area contributed by atoms with Crippen LogP contribution in [0.15, 0.2) is 59.8 Å². The van der Waals surface area contributed by atoms with Crippen LogP contribution in [-0.2, 0) is 27.4 Å². The van der Waals surface area contributed by atoms with Gasteiger partial charge in [0.2, 0.25) is 5.91 Å². The lowest BCUT2D eigenvalue weighted by molar-refractivity contribution is -0.132. The van der Waals surface area contributed by atoms with Gasteiger partial charge in [-0.05, 0) is 45.6 Å². The van der Waals surface area contributed by atoms with Gasteiger partial charge in [0.15, 0.2) is 6.10 Å². The molecule has 2 atom stereocenters. The monoisotopic (exact) mass is 474 g/mol. The number of hydrogen-bond acceptors (Lipinski definition) is 7. The van der Waals surface area contributed by atoms with E-state index in [2.05, 4.69) is 21.1 Å². The Balaban J connectivity index is 1.67. The molecule has 4 N–H and O–H groups in total. The number of ether oxygens (including phenoxy) is 1. The number of amides is 2. The quantitative estimate of drug-likeness (QED) is 0.595. The van der Waals surface area contributed by atoms with Crippen molar-refractivity contribution in [3.8, 4) is 0 Å². The zero-order chi connectivity index (χ0) is 21.5. The molecule has 0 spiro atoms. The number of rotatable bonds is 7. The molecule has 2 aromatic rings. The average molecular weight is 475 g/mol. The fourth-order valence-corrected chi connectivity index (χ4v) is 3.39. The third-order valence-corrected chi connectivity index (χ3v) is 5.00. The van der Waals surface area contributed by atoms with Gasteiger partial charge in [-0.25, -0.2) is 9.69 Å². The van der Waals surface area contributed by atoms with Gasteiger partial charge in [0.05, 0.1) is 12.6 Å². The van der Waals surface area contributed by atoms with Crippen molar-refractivity contribution in [2.24, 2.45) is 10.9 Å². The Morgan fingerprint density at radius 3 is 2.50 bits per heavy atom. The van der Waals surface area contributed by atoms with Crippen LogP contribution < -0.4 is 11.5 Å². The Morgan fingerprint density at radius 1 is 1.17 bits per heavy atom. The van der Waals surface area contributed by atoms with E-state index in [0.29, 0.717) is 16.7 Å². The smallest absolute Gasteiger partial charge is 0.417 e. The Labute approximate surface area is 182 Å². The van der Waals surface area contributed by atoms with Gasteiger partial charge in [-0.15, -0.1) is 0 Å². The molecule has 0 aromatic heterocycles. The maximum absolute atomic E-state index is 13.0. The van der Waals surface area contributed by atoms with Crippen molar-refractivity contribution >= 4 is 38.2 Å². The first kappa shape index (κ1) is 21.8. The minimum atomic E-state index is -0.927. The molecule has 1 aliphatic heterocycles. The Hall–Kier alpha value is -2.91. The third-order valence-electron chi connectivity index (χ3n) is 4.53. The number of anilines is 1. The van der Waals surface area contributed by atoms with E-state index < -0.39 is 24.1 Å². The molecule has 2 aromatic carbocycles. The van der Waals surface area contributed by atoms with E-state index in [9.17, 15) is 9.59 Å². The highest BCUT2D eigenvalue weighted by molar-refractivity contribution is 9.18. The molecule has 0 saturated heterocycles. The van der Waals surface area contributed by atoms with Gasteiger partial charge in [-0.3, -0.25) is 4.79 Å². The number of halogens is 1. The lowest BCUT2D eigenvalue weighted by Gasteiger charge is -2.25. The molecule has 0 aliphatic carbocycles. The maximum Gasteiger partial charge on any atom is 0.417 e. The van der Waals surface area contributed by atoms with Crippen molar-refractivity contribution in [2.45, 2.75) is 31.6 Å². The summed E-state index contributed by atoms with van der Waals surface area (Å²) in [7, 11) is 0. The van der Waals surface area contributed by atoms with E-state index in [1.165, 1.54) is 0 Å². The van der Waals surface area contributed by atoms with Crippen LogP contribution in [0.3, 0.4) is 0 Å². The molecular formula is C21H23BrN4O4. The molecule has 1 heterocycles. The highest BCUT2D eigenvalue weighted by Gasteiger charge is 2.33. The molecule has 158 valence electrons. The van der Waals surface area contributed by atoms with Gasteiger partial charge in [-0.1, -0.05) is 47.6 Å². The van der Waals surface area contributed by atoms with Crippen LogP contribution in [0.4, 0.5) is 10.5 Å². The predicted octanol–water partition coefficient (Wildman–Crippen LogP) is 2.80. The van der Waals surface area contributed by atoms with Crippen molar-refractivity contribution in [1.82, 2.24) is 4.90 Å². The molecular weight excluding hydrogens is 452 g/mol. The minimum absolute atomic E-state index is 0.0134. The molecule has 0 radical (unpaired) electrons. The first-order valence-electron chi connectivity index (χ1n) is 9.42. The number of benzene rings is 2. The topological polar surface area (TPSA) is 120 Å². The molecule has 0 bridgehead atoms. The summed E-state index contributed by atoms with van der Waals surface area (Å²) in [5, 5.41) is 3.80. The Bertz CT molecular complexity index is 905. The van der Waals surface area contributed by atoms with Crippen LogP contribution in [0.2, 0.25) is 0 Å². The largest absolute Gasteiger partial charge is 0.444 e. The zero-order valence-corrected chi connectivity index (χ0v) is 17.8. The zero-order valence-electron chi connectivity index (χ0n) is 16.2. The number of carbonyl (C=O) groups excluding carboxylic acids is 2. The van der Waals surface area contributed by atoms with Crippen LogP contribution in [0.25, 0.3) is 0 Å². The van der Waals surface area contributed by atoms with Crippen LogP contribution in [0.5, 0.6) is 0 Å². The molecule has 3 rings (SSSR count). The summed E-state index contributed by atoms with van der Waals surface area (Å²) in [6.07, 6.45) is -0.532. The molecule has 2 amide bonds. The predicted molar refractivity (Wildman–Crippen MR) is 117 cm³/mol. The van der Waals surface area contributed by atoms with Crippen LogP contribution in [-0.4, -0.2) is 40.2 Å². The van der Waals surface area contributed by atoms with Crippen molar-refractivity contribution in [3.05, 3.63) is 65.7 Å². The Morgan fingerprint density at radius 2 is 1.87 bits per heavy atom. The standard InChI is InChI=1S/C21H23BrN4O4/c22-19-11-17(30-25-19)12-26(21(28)29-13-15-4-2-1-3-5-15)20(27)18(24)10-14-6-8-16(23)9-7-14/h1-9,17-18H,10-13,23-24H2/t17?,18-/m0/s1. The van der Waals surface area contributed by atoms with E-state index in [-0.39, 0.29) is 19.6 Å². The fraction of sp³-hybridized carbons (Fsp3) is 0.286. The summed E-state index contributed by atoms with van der Waals surface area (Å²) < 4.78 is 5.97. The van der Waals surface area contributed by atoms with Crippen molar-refractivity contribution in [3.63, 3.8) is 0 Å². The first-order valence-corrected chi connectivity index (χ1v) is 10.2. The number of nitrogens with zero attached hydrogens (tertiary/aromatic N) is 2. The van der Waals surface area contributed by atoms with Gasteiger partial charge < -0.3 is 21.0 Å². The van der Waals surface area contributed by atoms with E-state index in [0.717, 1.165) is 16.0 Å². The van der Waals surface area contributed by atoms with E-state index in [1.807, 2.05) is 30.3 Å². The van der Waals surface area contributed by atoms with E-state index in [1.54, 1.807) is 24.3 Å². The van der Waals surface area contributed by atoms with Gasteiger partial charge in [0.1, 0.15) is 11.2 Å². The maximum atomic E-state index is 13.0. The molecule has 1 aliphatic rings. The van der Waals surface area contributed by atoms with E-state index in [4.69, 9.17) is 21.0 Å². The minimum Gasteiger partial charge on any atom is -0.444 e. The van der Waals surface area contributed by atoms with Gasteiger partial charge in [0, 0.05) is 12.1 Å². The highest BCUT2D eigenvalue weighted by Crippen LogP contribution is 2.17.